The molecule has 2 heterocycles. The highest BCUT2D eigenvalue weighted by Gasteiger charge is 2.58. The first kappa shape index (κ1) is 18.2. The molecule has 8 heteroatoms. The maximum atomic E-state index is 12.9. The number of amides is 3. The second kappa shape index (κ2) is 7.72. The zero-order chi connectivity index (χ0) is 18.6. The number of hydrogen-bond donors (Lipinski definition) is 1. The van der Waals surface area contributed by atoms with Crippen LogP contribution in [0.15, 0.2) is 24.4 Å². The number of hydrogen-bond acceptors (Lipinski definition) is 5. The molecule has 1 aromatic rings. The number of nitrogens with zero attached hydrogens (tertiary/aromatic N) is 3. The van der Waals surface area contributed by atoms with E-state index in [-0.39, 0.29) is 17.9 Å². The summed E-state index contributed by atoms with van der Waals surface area (Å²) in [6.45, 7) is 4.10. The lowest BCUT2D eigenvalue weighted by Gasteiger charge is -2.35. The van der Waals surface area contributed by atoms with Gasteiger partial charge in [0.15, 0.2) is 0 Å². The fourth-order valence-electron chi connectivity index (χ4n) is 3.12. The molecule has 26 heavy (non-hydrogen) atoms. The standard InChI is InChI=1S/C18H24N4O4/c1-2-26-17(25)22-11-9-21(10-12-22)16(24)18(6-7-18)15(23)20-13-14-5-3-4-8-19-14/h3-5,8H,2,6-7,9-13H2,1H3,(H,20,23). The highest BCUT2D eigenvalue weighted by molar-refractivity contribution is 6.07. The summed E-state index contributed by atoms with van der Waals surface area (Å²) in [6, 6.07) is 5.50. The number of aromatic nitrogens is 1. The fourth-order valence-corrected chi connectivity index (χ4v) is 3.12. The minimum Gasteiger partial charge on any atom is -0.450 e. The summed E-state index contributed by atoms with van der Waals surface area (Å²) in [6.07, 6.45) is 2.45. The lowest BCUT2D eigenvalue weighted by Crippen LogP contribution is -2.54. The molecule has 0 atom stereocenters. The number of nitrogens with one attached hydrogen (secondary N) is 1. The molecular formula is C18H24N4O4. The Morgan fingerprint density at radius 2 is 1.85 bits per heavy atom. The smallest absolute Gasteiger partial charge is 0.409 e. The number of carbonyl (C=O) groups is 3. The van der Waals surface area contributed by atoms with Crippen molar-refractivity contribution in [1.29, 1.82) is 0 Å². The Balaban J connectivity index is 1.52. The van der Waals surface area contributed by atoms with Gasteiger partial charge in [-0.25, -0.2) is 4.79 Å². The minimum absolute atomic E-state index is 0.139. The molecule has 1 aliphatic carbocycles. The van der Waals surface area contributed by atoms with Crippen molar-refractivity contribution in [2.24, 2.45) is 5.41 Å². The first-order valence-corrected chi connectivity index (χ1v) is 8.96. The van der Waals surface area contributed by atoms with Gasteiger partial charge in [0.1, 0.15) is 5.41 Å². The van der Waals surface area contributed by atoms with Crippen LogP contribution in [0.5, 0.6) is 0 Å². The van der Waals surface area contributed by atoms with Crippen molar-refractivity contribution in [2.75, 3.05) is 32.8 Å². The van der Waals surface area contributed by atoms with E-state index < -0.39 is 5.41 Å². The SMILES string of the molecule is CCOC(=O)N1CCN(C(=O)C2(C(=O)NCc3ccccn3)CC2)CC1. The van der Waals surface area contributed by atoms with Crippen LogP contribution in [-0.2, 0) is 20.9 Å². The summed E-state index contributed by atoms with van der Waals surface area (Å²) in [5.41, 5.74) is -0.187. The maximum absolute atomic E-state index is 12.9. The van der Waals surface area contributed by atoms with E-state index in [9.17, 15) is 14.4 Å². The summed E-state index contributed by atoms with van der Waals surface area (Å²) >= 11 is 0. The van der Waals surface area contributed by atoms with Crippen LogP contribution < -0.4 is 5.32 Å². The Kier molecular flexibility index (Phi) is 5.39. The molecule has 3 amide bonds. The topological polar surface area (TPSA) is 91.8 Å². The van der Waals surface area contributed by atoms with Crippen molar-refractivity contribution < 1.29 is 19.1 Å². The van der Waals surface area contributed by atoms with E-state index in [2.05, 4.69) is 10.3 Å². The monoisotopic (exact) mass is 360 g/mol. The van der Waals surface area contributed by atoms with E-state index >= 15 is 0 Å². The van der Waals surface area contributed by atoms with Crippen molar-refractivity contribution in [3.63, 3.8) is 0 Å². The average molecular weight is 360 g/mol. The van der Waals surface area contributed by atoms with Gasteiger partial charge in [-0.15, -0.1) is 0 Å². The predicted octanol–water partition coefficient (Wildman–Crippen LogP) is 0.779. The molecule has 140 valence electrons. The molecule has 1 aliphatic heterocycles. The van der Waals surface area contributed by atoms with Gasteiger partial charge < -0.3 is 19.9 Å². The molecule has 2 aliphatic rings. The van der Waals surface area contributed by atoms with Crippen LogP contribution in [-0.4, -0.2) is 65.5 Å². The summed E-state index contributed by atoms with van der Waals surface area (Å²) in [5, 5.41) is 2.83. The zero-order valence-corrected chi connectivity index (χ0v) is 14.9. The number of piperazine rings is 1. The van der Waals surface area contributed by atoms with Crippen LogP contribution in [0.2, 0.25) is 0 Å². The molecular weight excluding hydrogens is 336 g/mol. The number of ether oxygens (including phenoxy) is 1. The van der Waals surface area contributed by atoms with Gasteiger partial charge in [-0.3, -0.25) is 14.6 Å². The number of rotatable bonds is 5. The van der Waals surface area contributed by atoms with E-state index in [4.69, 9.17) is 4.74 Å². The third kappa shape index (κ3) is 3.79. The van der Waals surface area contributed by atoms with Crippen molar-refractivity contribution in [2.45, 2.75) is 26.3 Å². The molecule has 0 aromatic carbocycles. The Hall–Kier alpha value is -2.64. The molecule has 1 saturated heterocycles. The van der Waals surface area contributed by atoms with Crippen molar-refractivity contribution in [3.05, 3.63) is 30.1 Å². The second-order valence-corrected chi connectivity index (χ2v) is 6.56. The van der Waals surface area contributed by atoms with E-state index in [0.717, 1.165) is 5.69 Å². The van der Waals surface area contributed by atoms with Crippen LogP contribution in [0.1, 0.15) is 25.5 Å². The molecule has 1 N–H and O–H groups in total. The van der Waals surface area contributed by atoms with Gasteiger partial charge >= 0.3 is 6.09 Å². The Bertz CT molecular complexity index is 667. The molecule has 3 rings (SSSR count). The van der Waals surface area contributed by atoms with Crippen LogP contribution in [0.3, 0.4) is 0 Å². The molecule has 8 nitrogen and oxygen atoms in total. The Morgan fingerprint density at radius 3 is 2.42 bits per heavy atom. The molecule has 1 aromatic heterocycles. The first-order chi connectivity index (χ1) is 12.6. The lowest BCUT2D eigenvalue weighted by molar-refractivity contribution is -0.145. The minimum atomic E-state index is -0.944. The third-order valence-corrected chi connectivity index (χ3v) is 4.84. The van der Waals surface area contributed by atoms with Gasteiger partial charge in [0.05, 0.1) is 18.8 Å². The van der Waals surface area contributed by atoms with Gasteiger partial charge in [0, 0.05) is 32.4 Å². The molecule has 0 bridgehead atoms. The Labute approximate surface area is 152 Å². The zero-order valence-electron chi connectivity index (χ0n) is 14.9. The van der Waals surface area contributed by atoms with E-state index in [1.165, 1.54) is 0 Å². The molecule has 1 saturated carbocycles. The van der Waals surface area contributed by atoms with Crippen LogP contribution in [0.4, 0.5) is 4.79 Å². The normalized spacial score (nSPS) is 18.2. The summed E-state index contributed by atoms with van der Waals surface area (Å²) in [5.74, 6) is -0.375. The predicted molar refractivity (Wildman–Crippen MR) is 92.9 cm³/mol. The van der Waals surface area contributed by atoms with Gasteiger partial charge in [-0.2, -0.15) is 0 Å². The largest absolute Gasteiger partial charge is 0.450 e. The van der Waals surface area contributed by atoms with Gasteiger partial charge in [0.25, 0.3) is 0 Å². The van der Waals surface area contributed by atoms with E-state index in [1.54, 1.807) is 22.9 Å². The van der Waals surface area contributed by atoms with E-state index in [1.807, 2.05) is 18.2 Å². The Morgan fingerprint density at radius 1 is 1.15 bits per heavy atom. The highest BCUT2D eigenvalue weighted by atomic mass is 16.6. The van der Waals surface area contributed by atoms with Crippen LogP contribution in [0.25, 0.3) is 0 Å². The summed E-state index contributed by atoms with van der Waals surface area (Å²) in [4.78, 5) is 44.6. The van der Waals surface area contributed by atoms with Crippen molar-refractivity contribution >= 4 is 17.9 Å². The van der Waals surface area contributed by atoms with Gasteiger partial charge in [-0.05, 0) is 31.9 Å². The molecule has 2 fully saturated rings. The van der Waals surface area contributed by atoms with Gasteiger partial charge in [0.2, 0.25) is 11.8 Å². The number of pyridine rings is 1. The summed E-state index contributed by atoms with van der Waals surface area (Å²) in [7, 11) is 0. The average Bonchev–Trinajstić information content (AvgIpc) is 3.49. The molecule has 0 unspecified atom stereocenters. The lowest BCUT2D eigenvalue weighted by atomic mass is 10.0. The third-order valence-electron chi connectivity index (χ3n) is 4.84. The fraction of sp³-hybridized carbons (Fsp3) is 0.556. The van der Waals surface area contributed by atoms with E-state index in [0.29, 0.717) is 52.2 Å². The quantitative estimate of drug-likeness (QED) is 0.784. The first-order valence-electron chi connectivity index (χ1n) is 8.96. The molecule has 0 radical (unpaired) electrons. The van der Waals surface area contributed by atoms with Gasteiger partial charge in [-0.1, -0.05) is 6.07 Å². The highest BCUT2D eigenvalue weighted by Crippen LogP contribution is 2.47. The number of carbonyl (C=O) groups excluding carboxylic acids is 3. The van der Waals surface area contributed by atoms with Crippen LogP contribution >= 0.6 is 0 Å². The van der Waals surface area contributed by atoms with Crippen molar-refractivity contribution in [3.8, 4) is 0 Å². The van der Waals surface area contributed by atoms with Crippen LogP contribution in [0, 0.1) is 5.41 Å². The van der Waals surface area contributed by atoms with Crippen molar-refractivity contribution in [1.82, 2.24) is 20.1 Å². The second-order valence-electron chi connectivity index (χ2n) is 6.56. The molecule has 0 spiro atoms. The maximum Gasteiger partial charge on any atom is 0.409 e. The summed E-state index contributed by atoms with van der Waals surface area (Å²) < 4.78 is 4.98.